The lowest BCUT2D eigenvalue weighted by molar-refractivity contribution is 0.626. The van der Waals surface area contributed by atoms with E-state index in [2.05, 4.69) is 110 Å². The molecular weight excluding hydrogens is 648 g/mol. The highest BCUT2D eigenvalue weighted by Gasteiger charge is 2.29. The van der Waals surface area contributed by atoms with Crippen LogP contribution in [-0.2, 0) is 10.9 Å². The predicted octanol–water partition coefficient (Wildman–Crippen LogP) is 6.73. The summed E-state index contributed by atoms with van der Waals surface area (Å²) < 4.78 is 17.0. The molecule has 23 heavy (non-hydrogen) atoms. The largest absolute Gasteiger partial charge is 0.207 e. The van der Waals surface area contributed by atoms with E-state index in [4.69, 9.17) is 0 Å². The molecule has 116 valence electrons. The van der Waals surface area contributed by atoms with Gasteiger partial charge in [-0.1, -0.05) is 0 Å². The Morgan fingerprint density at radius 2 is 1.13 bits per heavy atom. The van der Waals surface area contributed by atoms with Gasteiger partial charge >= 0.3 is 0 Å². The average Bonchev–Trinajstić information content (AvgIpc) is 2.55. The minimum absolute atomic E-state index is 0.197. The van der Waals surface area contributed by atoms with Gasteiger partial charge in [-0.25, -0.2) is 4.39 Å². The van der Waals surface area contributed by atoms with E-state index in [-0.39, 0.29) is 16.7 Å². The van der Waals surface area contributed by atoms with Crippen molar-refractivity contribution in [1.82, 2.24) is 0 Å². The lowest BCUT2D eigenvalue weighted by atomic mass is 10.3. The maximum atomic E-state index is 13.3. The van der Waals surface area contributed by atoms with E-state index in [0.29, 0.717) is 0 Å². The summed E-state index contributed by atoms with van der Waals surface area (Å²) in [5, 5.41) is 0. The Kier molecular flexibility index (Phi) is 6.24. The molecule has 0 nitrogen and oxygen atoms in total. The third-order valence-electron chi connectivity index (χ3n) is 3.23. The summed E-state index contributed by atoms with van der Waals surface area (Å²) in [4.78, 5) is 3.63. The first-order valence-corrected chi connectivity index (χ1v) is 11.2. The number of rotatable bonds is 3. The van der Waals surface area contributed by atoms with Crippen LogP contribution in [0.4, 0.5) is 4.39 Å². The molecule has 0 aliphatic carbocycles. The zero-order valence-electron chi connectivity index (χ0n) is 11.8. The summed E-state index contributed by atoms with van der Waals surface area (Å²) in [6.45, 7) is 0. The first-order chi connectivity index (χ1) is 11.0. The second kappa shape index (κ2) is 8.01. The zero-order chi connectivity index (χ0) is 16.4. The van der Waals surface area contributed by atoms with E-state index in [1.807, 2.05) is 12.1 Å². The van der Waals surface area contributed by atoms with Gasteiger partial charge in [0.05, 0.1) is 10.9 Å². The van der Waals surface area contributed by atoms with Crippen molar-refractivity contribution in [3.05, 3.63) is 83.3 Å². The summed E-state index contributed by atoms with van der Waals surface area (Å²) in [7, 11) is -0.228. The Balaban J connectivity index is 2.14. The van der Waals surface area contributed by atoms with E-state index in [1.165, 1.54) is 20.5 Å². The van der Waals surface area contributed by atoms with Crippen LogP contribution in [0.25, 0.3) is 0 Å². The topological polar surface area (TPSA) is 0 Å². The van der Waals surface area contributed by atoms with Gasteiger partial charge in [0.15, 0.2) is 14.7 Å². The van der Waals surface area contributed by atoms with Gasteiger partial charge in [0.1, 0.15) is 5.82 Å². The van der Waals surface area contributed by atoms with Crippen molar-refractivity contribution < 1.29 is 4.39 Å². The molecule has 0 spiro atoms. The average molecular weight is 659 g/mol. The van der Waals surface area contributed by atoms with Crippen molar-refractivity contribution in [2.45, 2.75) is 14.7 Å². The molecule has 0 saturated carbocycles. The SMILES string of the molecule is Fc1ccc([S+](c2ccc(I)cc2)c2ccc(I)c(I)c2)cc1. The fourth-order valence-electron chi connectivity index (χ4n) is 2.15. The van der Waals surface area contributed by atoms with Gasteiger partial charge in [-0.05, 0) is 128 Å². The maximum Gasteiger partial charge on any atom is 0.167 e. The van der Waals surface area contributed by atoms with Crippen LogP contribution < -0.4 is 0 Å². The molecule has 1 unspecified atom stereocenters. The Bertz CT molecular complexity index is 771. The van der Waals surface area contributed by atoms with Crippen molar-refractivity contribution in [1.29, 1.82) is 0 Å². The summed E-state index contributed by atoms with van der Waals surface area (Å²) in [6.07, 6.45) is 0. The van der Waals surface area contributed by atoms with Crippen LogP contribution in [0.1, 0.15) is 0 Å². The number of hydrogen-bond acceptors (Lipinski definition) is 0. The second-order valence-corrected chi connectivity index (χ2v) is 10.4. The highest BCUT2D eigenvalue weighted by atomic mass is 127. The Hall–Kier alpha value is 0.130. The van der Waals surface area contributed by atoms with E-state index in [9.17, 15) is 4.39 Å². The number of benzene rings is 3. The van der Waals surface area contributed by atoms with Gasteiger partial charge in [-0.3, -0.25) is 0 Å². The van der Waals surface area contributed by atoms with Gasteiger partial charge in [-0.2, -0.15) is 0 Å². The van der Waals surface area contributed by atoms with Gasteiger partial charge < -0.3 is 0 Å². The first-order valence-electron chi connectivity index (χ1n) is 6.75. The molecule has 1 atom stereocenters. The highest BCUT2D eigenvalue weighted by molar-refractivity contribution is 14.1. The summed E-state index contributed by atoms with van der Waals surface area (Å²) in [6, 6.07) is 22.0. The molecule has 0 saturated heterocycles. The zero-order valence-corrected chi connectivity index (χ0v) is 19.1. The van der Waals surface area contributed by atoms with Gasteiger partial charge in [0.25, 0.3) is 0 Å². The van der Waals surface area contributed by atoms with Gasteiger partial charge in [-0.15, -0.1) is 0 Å². The van der Waals surface area contributed by atoms with Crippen LogP contribution in [0, 0.1) is 16.5 Å². The van der Waals surface area contributed by atoms with E-state index < -0.39 is 0 Å². The minimum atomic E-state index is -0.228. The quantitative estimate of drug-likeness (QED) is 0.216. The molecule has 3 aromatic carbocycles. The monoisotopic (exact) mass is 659 g/mol. The normalized spacial score (nSPS) is 12.2. The number of hydrogen-bond donors (Lipinski definition) is 0. The van der Waals surface area contributed by atoms with Crippen LogP contribution in [0.5, 0.6) is 0 Å². The Labute approximate surface area is 179 Å². The van der Waals surface area contributed by atoms with Gasteiger partial charge in [0, 0.05) is 16.8 Å². The molecule has 0 bridgehead atoms. The van der Waals surface area contributed by atoms with Crippen LogP contribution in [0.2, 0.25) is 0 Å². The van der Waals surface area contributed by atoms with Crippen LogP contribution in [0.15, 0.2) is 81.4 Å². The molecule has 0 fully saturated rings. The molecule has 0 heterocycles. The molecular formula is C18H11FI3S+. The van der Waals surface area contributed by atoms with Crippen molar-refractivity contribution in [2.24, 2.45) is 0 Å². The van der Waals surface area contributed by atoms with Gasteiger partial charge in [0.2, 0.25) is 0 Å². The Morgan fingerprint density at radius 1 is 0.609 bits per heavy atom. The van der Waals surface area contributed by atoms with Crippen LogP contribution in [-0.4, -0.2) is 0 Å². The molecule has 5 heteroatoms. The van der Waals surface area contributed by atoms with Crippen LogP contribution >= 0.6 is 67.8 Å². The summed E-state index contributed by atoms with van der Waals surface area (Å²) >= 11 is 7.03. The third-order valence-corrected chi connectivity index (χ3v) is 9.02. The van der Waals surface area contributed by atoms with Crippen molar-refractivity contribution >= 4 is 78.7 Å². The van der Waals surface area contributed by atoms with E-state index in [1.54, 1.807) is 12.1 Å². The maximum absolute atomic E-state index is 13.3. The minimum Gasteiger partial charge on any atom is -0.207 e. The Morgan fingerprint density at radius 3 is 1.70 bits per heavy atom. The lowest BCUT2D eigenvalue weighted by Crippen LogP contribution is -2.05. The van der Waals surface area contributed by atoms with E-state index in [0.717, 1.165) is 4.90 Å². The van der Waals surface area contributed by atoms with Crippen molar-refractivity contribution in [3.8, 4) is 0 Å². The molecule has 0 radical (unpaired) electrons. The summed E-state index contributed by atoms with van der Waals surface area (Å²) in [5.41, 5.74) is 0. The third kappa shape index (κ3) is 4.40. The first kappa shape index (κ1) is 17.9. The molecule has 0 N–H and O–H groups in total. The molecule has 0 amide bonds. The van der Waals surface area contributed by atoms with Crippen molar-refractivity contribution in [2.75, 3.05) is 0 Å². The summed E-state index contributed by atoms with van der Waals surface area (Å²) in [5.74, 6) is -0.197. The molecule has 3 aromatic rings. The smallest absolute Gasteiger partial charge is 0.167 e. The molecule has 0 aliphatic rings. The fourth-order valence-corrected chi connectivity index (χ4v) is 5.65. The molecule has 0 aromatic heterocycles. The van der Waals surface area contributed by atoms with E-state index >= 15 is 0 Å². The standard InChI is InChI=1S/C18H11FI3S/c19-12-1-5-14(6-2-12)23(15-7-3-13(20)4-8-15)16-9-10-17(21)18(22)11-16/h1-11H/q+1. The lowest BCUT2D eigenvalue weighted by Gasteiger charge is -2.09. The molecule has 3 rings (SSSR count). The predicted molar refractivity (Wildman–Crippen MR) is 120 cm³/mol. The molecule has 0 aliphatic heterocycles. The fraction of sp³-hybridized carbons (Fsp3) is 0. The highest BCUT2D eigenvalue weighted by Crippen LogP contribution is 2.33. The second-order valence-electron chi connectivity index (χ2n) is 4.79. The van der Waals surface area contributed by atoms with Crippen LogP contribution in [0.3, 0.4) is 0 Å². The number of halogens is 4. The van der Waals surface area contributed by atoms with Crippen molar-refractivity contribution in [3.63, 3.8) is 0 Å².